The van der Waals surface area contributed by atoms with Crippen LogP contribution in [0.1, 0.15) is 37.7 Å². The Labute approximate surface area is 136 Å². The lowest BCUT2D eigenvalue weighted by Crippen LogP contribution is -2.34. The predicted molar refractivity (Wildman–Crippen MR) is 88.4 cm³/mol. The topological polar surface area (TPSA) is 67.4 Å². The van der Waals surface area contributed by atoms with Crippen LogP contribution in [0.5, 0.6) is 5.75 Å². The molecule has 2 amide bonds. The maximum absolute atomic E-state index is 12.4. The summed E-state index contributed by atoms with van der Waals surface area (Å²) in [6, 6.07) is 5.96. The van der Waals surface area contributed by atoms with Gasteiger partial charge in [-0.25, -0.2) is 0 Å². The Kier molecular flexibility index (Phi) is 4.55. The van der Waals surface area contributed by atoms with Crippen LogP contribution < -0.4 is 15.4 Å². The van der Waals surface area contributed by atoms with E-state index in [0.29, 0.717) is 23.9 Å². The van der Waals surface area contributed by atoms with E-state index in [1.54, 1.807) is 7.11 Å². The van der Waals surface area contributed by atoms with Gasteiger partial charge in [0.1, 0.15) is 5.75 Å². The summed E-state index contributed by atoms with van der Waals surface area (Å²) >= 11 is 0. The molecule has 124 valence electrons. The summed E-state index contributed by atoms with van der Waals surface area (Å²) in [5.74, 6) is 0.179. The first kappa shape index (κ1) is 15.8. The molecule has 2 fully saturated rings. The van der Waals surface area contributed by atoms with Crippen LogP contribution in [0.4, 0.5) is 5.69 Å². The molecule has 0 heterocycles. The number of aryl methyl sites for hydroxylation is 1. The predicted octanol–water partition coefficient (Wildman–Crippen LogP) is 2.64. The van der Waals surface area contributed by atoms with Gasteiger partial charge in [0.2, 0.25) is 11.8 Å². The van der Waals surface area contributed by atoms with Crippen LogP contribution in [-0.2, 0) is 9.59 Å². The lowest BCUT2D eigenvalue weighted by atomic mass is 10.2. The lowest BCUT2D eigenvalue weighted by Gasteiger charge is -2.12. The number of anilines is 1. The van der Waals surface area contributed by atoms with Crippen molar-refractivity contribution in [3.05, 3.63) is 23.8 Å². The number of hydrogen-bond acceptors (Lipinski definition) is 3. The molecular formula is C18H24N2O3. The van der Waals surface area contributed by atoms with Crippen LogP contribution in [-0.4, -0.2) is 25.0 Å². The largest absolute Gasteiger partial charge is 0.495 e. The average molecular weight is 316 g/mol. The van der Waals surface area contributed by atoms with E-state index in [4.69, 9.17) is 4.74 Å². The highest BCUT2D eigenvalue weighted by molar-refractivity contribution is 6.00. The fraction of sp³-hybridized carbons (Fsp3) is 0.556. The van der Waals surface area contributed by atoms with Crippen LogP contribution in [0.15, 0.2) is 18.2 Å². The highest BCUT2D eigenvalue weighted by atomic mass is 16.5. The maximum atomic E-state index is 12.4. The van der Waals surface area contributed by atoms with Crippen molar-refractivity contribution in [3.8, 4) is 5.75 Å². The van der Waals surface area contributed by atoms with E-state index in [9.17, 15) is 9.59 Å². The van der Waals surface area contributed by atoms with Crippen molar-refractivity contribution in [2.45, 2.75) is 45.1 Å². The Morgan fingerprint density at radius 3 is 2.52 bits per heavy atom. The number of ether oxygens (including phenoxy) is 1. The van der Waals surface area contributed by atoms with Crippen LogP contribution in [0.25, 0.3) is 0 Å². The Morgan fingerprint density at radius 2 is 1.83 bits per heavy atom. The monoisotopic (exact) mass is 316 g/mol. The molecule has 0 spiro atoms. The molecule has 0 saturated heterocycles. The molecule has 2 aliphatic rings. The zero-order valence-electron chi connectivity index (χ0n) is 13.7. The zero-order chi connectivity index (χ0) is 16.4. The van der Waals surface area contributed by atoms with Crippen LogP contribution in [0, 0.1) is 18.8 Å². The summed E-state index contributed by atoms with van der Waals surface area (Å²) in [5.41, 5.74) is 1.71. The van der Waals surface area contributed by atoms with Crippen molar-refractivity contribution in [2.75, 3.05) is 12.4 Å². The SMILES string of the molecule is COc1ccc(C)cc1NC(=O)C1CC1C(=O)NC1CCCC1. The van der Waals surface area contributed by atoms with Crippen LogP contribution >= 0.6 is 0 Å². The number of amides is 2. The first-order valence-corrected chi connectivity index (χ1v) is 8.34. The highest BCUT2D eigenvalue weighted by Gasteiger charge is 2.48. The van der Waals surface area contributed by atoms with Gasteiger partial charge in [-0.2, -0.15) is 0 Å². The molecule has 2 aliphatic carbocycles. The molecule has 0 aliphatic heterocycles. The van der Waals surface area contributed by atoms with E-state index < -0.39 is 0 Å². The maximum Gasteiger partial charge on any atom is 0.228 e. The van der Waals surface area contributed by atoms with Crippen molar-refractivity contribution < 1.29 is 14.3 Å². The molecule has 2 unspecified atom stereocenters. The zero-order valence-corrected chi connectivity index (χ0v) is 13.7. The fourth-order valence-corrected chi connectivity index (χ4v) is 3.30. The highest BCUT2D eigenvalue weighted by Crippen LogP contribution is 2.40. The molecular weight excluding hydrogens is 292 g/mol. The summed E-state index contributed by atoms with van der Waals surface area (Å²) in [5, 5.41) is 5.98. The first-order valence-electron chi connectivity index (χ1n) is 8.34. The Morgan fingerprint density at radius 1 is 1.13 bits per heavy atom. The average Bonchev–Trinajstić information content (AvgIpc) is 3.18. The Balaban J connectivity index is 1.56. The van der Waals surface area contributed by atoms with E-state index in [0.717, 1.165) is 18.4 Å². The van der Waals surface area contributed by atoms with E-state index >= 15 is 0 Å². The third kappa shape index (κ3) is 3.66. The van der Waals surface area contributed by atoms with Crippen molar-refractivity contribution in [3.63, 3.8) is 0 Å². The quantitative estimate of drug-likeness (QED) is 0.877. The van der Waals surface area contributed by atoms with Crippen molar-refractivity contribution in [1.82, 2.24) is 5.32 Å². The van der Waals surface area contributed by atoms with Crippen molar-refractivity contribution >= 4 is 17.5 Å². The summed E-state index contributed by atoms with van der Waals surface area (Å²) in [6.45, 7) is 1.96. The van der Waals surface area contributed by atoms with E-state index in [1.165, 1.54) is 12.8 Å². The molecule has 0 aromatic heterocycles. The Hall–Kier alpha value is -2.04. The summed E-state index contributed by atoms with van der Waals surface area (Å²) in [6.07, 6.45) is 5.14. The van der Waals surface area contributed by atoms with Crippen LogP contribution in [0.3, 0.4) is 0 Å². The normalized spacial score (nSPS) is 23.4. The minimum Gasteiger partial charge on any atom is -0.495 e. The van der Waals surface area contributed by atoms with Gasteiger partial charge in [0.15, 0.2) is 0 Å². The smallest absolute Gasteiger partial charge is 0.228 e. The lowest BCUT2D eigenvalue weighted by molar-refractivity contribution is -0.125. The molecule has 5 nitrogen and oxygen atoms in total. The molecule has 2 N–H and O–H groups in total. The minimum absolute atomic E-state index is 0.0354. The molecule has 23 heavy (non-hydrogen) atoms. The second-order valence-corrected chi connectivity index (χ2v) is 6.63. The molecule has 3 rings (SSSR count). The van der Waals surface area contributed by atoms with Gasteiger partial charge in [0, 0.05) is 6.04 Å². The minimum atomic E-state index is -0.221. The van der Waals surface area contributed by atoms with Crippen molar-refractivity contribution in [1.29, 1.82) is 0 Å². The number of methoxy groups -OCH3 is 1. The molecule has 2 atom stereocenters. The van der Waals surface area contributed by atoms with Gasteiger partial charge in [-0.05, 0) is 43.9 Å². The standard InChI is InChI=1S/C18H24N2O3/c1-11-7-8-16(23-2)15(9-11)20-18(22)14-10-13(14)17(21)19-12-5-3-4-6-12/h7-9,12-14H,3-6,10H2,1-2H3,(H,19,21)(H,20,22). The molecule has 1 aromatic rings. The van der Waals surface area contributed by atoms with Gasteiger partial charge in [0.05, 0.1) is 24.6 Å². The number of carbonyl (C=O) groups excluding carboxylic acids is 2. The first-order chi connectivity index (χ1) is 11.1. The van der Waals surface area contributed by atoms with Gasteiger partial charge in [-0.1, -0.05) is 18.9 Å². The van der Waals surface area contributed by atoms with Gasteiger partial charge in [-0.3, -0.25) is 9.59 Å². The molecule has 1 aromatic carbocycles. The third-order valence-corrected chi connectivity index (χ3v) is 4.78. The van der Waals surface area contributed by atoms with Gasteiger partial charge < -0.3 is 15.4 Å². The molecule has 0 bridgehead atoms. The number of carbonyl (C=O) groups is 2. The second-order valence-electron chi connectivity index (χ2n) is 6.63. The van der Waals surface area contributed by atoms with Gasteiger partial charge >= 0.3 is 0 Å². The molecule has 2 saturated carbocycles. The van der Waals surface area contributed by atoms with E-state index in [2.05, 4.69) is 10.6 Å². The summed E-state index contributed by atoms with van der Waals surface area (Å²) in [7, 11) is 1.58. The Bertz CT molecular complexity index is 608. The van der Waals surface area contributed by atoms with E-state index in [-0.39, 0.29) is 23.7 Å². The molecule has 0 radical (unpaired) electrons. The molecule has 5 heteroatoms. The van der Waals surface area contributed by atoms with Crippen molar-refractivity contribution in [2.24, 2.45) is 11.8 Å². The number of benzene rings is 1. The number of nitrogens with one attached hydrogen (secondary N) is 2. The van der Waals surface area contributed by atoms with Gasteiger partial charge in [0.25, 0.3) is 0 Å². The fourth-order valence-electron chi connectivity index (χ4n) is 3.30. The number of rotatable bonds is 5. The summed E-state index contributed by atoms with van der Waals surface area (Å²) < 4.78 is 5.27. The van der Waals surface area contributed by atoms with E-state index in [1.807, 2.05) is 25.1 Å². The van der Waals surface area contributed by atoms with Crippen LogP contribution in [0.2, 0.25) is 0 Å². The summed E-state index contributed by atoms with van der Waals surface area (Å²) in [4.78, 5) is 24.5. The number of hydrogen-bond donors (Lipinski definition) is 2. The third-order valence-electron chi connectivity index (χ3n) is 4.78. The second kappa shape index (κ2) is 6.60. The van der Waals surface area contributed by atoms with Gasteiger partial charge in [-0.15, -0.1) is 0 Å².